The Kier molecular flexibility index (Phi) is 7.03. The molecule has 0 spiro atoms. The first-order chi connectivity index (χ1) is 11.5. The van der Waals surface area contributed by atoms with E-state index in [1.165, 1.54) is 0 Å². The zero-order chi connectivity index (χ0) is 17.4. The molecule has 0 aliphatic rings. The maximum absolute atomic E-state index is 12.2. The molecular formula is C18H23ClN4O. The molecule has 24 heavy (non-hydrogen) atoms. The SMILES string of the molecule is CN(C)CCCNC(=O)c1ccnc(NCc2ccc(Cl)cc2)c1. The predicted molar refractivity (Wildman–Crippen MR) is 98.5 cm³/mol. The molecule has 2 N–H and O–H groups in total. The van der Waals surface area contributed by atoms with Crippen LogP contribution in [-0.4, -0.2) is 43.0 Å². The van der Waals surface area contributed by atoms with Crippen molar-refractivity contribution in [3.63, 3.8) is 0 Å². The summed E-state index contributed by atoms with van der Waals surface area (Å²) < 4.78 is 0. The fraction of sp³-hybridized carbons (Fsp3) is 0.333. The lowest BCUT2D eigenvalue weighted by Gasteiger charge is -2.10. The minimum absolute atomic E-state index is 0.0781. The Bertz CT molecular complexity index is 658. The van der Waals surface area contributed by atoms with Crippen LogP contribution in [0.3, 0.4) is 0 Å². The fourth-order valence-electron chi connectivity index (χ4n) is 2.16. The molecule has 2 aromatic rings. The average Bonchev–Trinajstić information content (AvgIpc) is 2.58. The second kappa shape index (κ2) is 9.25. The maximum Gasteiger partial charge on any atom is 0.251 e. The molecule has 0 fully saturated rings. The van der Waals surface area contributed by atoms with Crippen LogP contribution in [0.15, 0.2) is 42.6 Å². The second-order valence-electron chi connectivity index (χ2n) is 5.82. The fourth-order valence-corrected chi connectivity index (χ4v) is 2.29. The summed E-state index contributed by atoms with van der Waals surface area (Å²) in [5.74, 6) is 0.594. The Balaban J connectivity index is 1.86. The van der Waals surface area contributed by atoms with Crippen LogP contribution >= 0.6 is 11.6 Å². The van der Waals surface area contributed by atoms with Crippen molar-refractivity contribution in [3.8, 4) is 0 Å². The molecule has 0 aliphatic carbocycles. The summed E-state index contributed by atoms with van der Waals surface area (Å²) in [6.45, 7) is 2.23. The number of benzene rings is 1. The van der Waals surface area contributed by atoms with E-state index >= 15 is 0 Å². The van der Waals surface area contributed by atoms with Crippen molar-refractivity contribution in [2.24, 2.45) is 0 Å². The maximum atomic E-state index is 12.2. The van der Waals surface area contributed by atoms with Crippen molar-refractivity contribution in [1.82, 2.24) is 15.2 Å². The summed E-state index contributed by atoms with van der Waals surface area (Å²) in [7, 11) is 4.03. The van der Waals surface area contributed by atoms with Gasteiger partial charge in [0, 0.05) is 29.9 Å². The first-order valence-corrected chi connectivity index (χ1v) is 8.29. The van der Waals surface area contributed by atoms with E-state index in [1.807, 2.05) is 38.4 Å². The summed E-state index contributed by atoms with van der Waals surface area (Å²) in [5.41, 5.74) is 1.70. The molecule has 5 nitrogen and oxygen atoms in total. The minimum atomic E-state index is -0.0781. The number of nitrogens with one attached hydrogen (secondary N) is 2. The van der Waals surface area contributed by atoms with Gasteiger partial charge in [-0.2, -0.15) is 0 Å². The molecule has 1 heterocycles. The van der Waals surface area contributed by atoms with Gasteiger partial charge in [0.25, 0.3) is 5.91 Å². The molecule has 0 atom stereocenters. The van der Waals surface area contributed by atoms with Gasteiger partial charge >= 0.3 is 0 Å². The van der Waals surface area contributed by atoms with E-state index in [1.54, 1.807) is 18.3 Å². The van der Waals surface area contributed by atoms with Gasteiger partial charge in [-0.1, -0.05) is 23.7 Å². The molecule has 1 aromatic carbocycles. The molecule has 0 bridgehead atoms. The monoisotopic (exact) mass is 346 g/mol. The predicted octanol–water partition coefficient (Wildman–Crippen LogP) is 3.03. The van der Waals surface area contributed by atoms with Crippen molar-refractivity contribution >= 4 is 23.3 Å². The Morgan fingerprint density at radius 3 is 2.67 bits per heavy atom. The molecule has 1 amide bonds. The highest BCUT2D eigenvalue weighted by Gasteiger charge is 2.06. The quantitative estimate of drug-likeness (QED) is 0.721. The van der Waals surface area contributed by atoms with E-state index in [9.17, 15) is 4.79 Å². The van der Waals surface area contributed by atoms with Gasteiger partial charge in [-0.05, 0) is 56.9 Å². The number of rotatable bonds is 8. The van der Waals surface area contributed by atoms with Gasteiger partial charge < -0.3 is 15.5 Å². The number of amides is 1. The zero-order valence-corrected chi connectivity index (χ0v) is 14.8. The summed E-state index contributed by atoms with van der Waals surface area (Å²) in [4.78, 5) is 18.5. The number of anilines is 1. The zero-order valence-electron chi connectivity index (χ0n) is 14.1. The summed E-state index contributed by atoms with van der Waals surface area (Å²) in [5, 5.41) is 6.86. The lowest BCUT2D eigenvalue weighted by molar-refractivity contribution is 0.0952. The minimum Gasteiger partial charge on any atom is -0.366 e. The second-order valence-corrected chi connectivity index (χ2v) is 6.26. The molecule has 0 radical (unpaired) electrons. The molecular weight excluding hydrogens is 324 g/mol. The van der Waals surface area contributed by atoms with Gasteiger partial charge in [0.15, 0.2) is 0 Å². The lowest BCUT2D eigenvalue weighted by atomic mass is 10.2. The highest BCUT2D eigenvalue weighted by molar-refractivity contribution is 6.30. The summed E-state index contributed by atoms with van der Waals surface area (Å²) >= 11 is 5.87. The molecule has 1 aromatic heterocycles. The standard InChI is InChI=1S/C18H23ClN4O/c1-23(2)11-3-9-21-18(24)15-8-10-20-17(12-15)22-13-14-4-6-16(19)7-5-14/h4-8,10,12H,3,9,11,13H2,1-2H3,(H,20,22)(H,21,24). The molecule has 6 heteroatoms. The molecule has 0 unspecified atom stereocenters. The van der Waals surface area contributed by atoms with E-state index in [4.69, 9.17) is 11.6 Å². The third kappa shape index (κ3) is 6.18. The molecule has 0 saturated carbocycles. The topological polar surface area (TPSA) is 57.3 Å². The Labute approximate surface area is 148 Å². The number of aromatic nitrogens is 1. The van der Waals surface area contributed by atoms with Crippen LogP contribution in [0.4, 0.5) is 5.82 Å². The van der Waals surface area contributed by atoms with Crippen molar-refractivity contribution in [2.45, 2.75) is 13.0 Å². The first-order valence-electron chi connectivity index (χ1n) is 7.92. The van der Waals surface area contributed by atoms with Gasteiger partial charge in [-0.15, -0.1) is 0 Å². The Morgan fingerprint density at radius 2 is 1.96 bits per heavy atom. The van der Waals surface area contributed by atoms with Gasteiger partial charge in [0.1, 0.15) is 5.82 Å². The number of carbonyl (C=O) groups is 1. The van der Waals surface area contributed by atoms with Crippen LogP contribution < -0.4 is 10.6 Å². The van der Waals surface area contributed by atoms with Gasteiger partial charge in [0.2, 0.25) is 0 Å². The number of carbonyl (C=O) groups excluding carboxylic acids is 1. The van der Waals surface area contributed by atoms with Gasteiger partial charge in [-0.25, -0.2) is 4.98 Å². The number of nitrogens with zero attached hydrogens (tertiary/aromatic N) is 2. The normalized spacial score (nSPS) is 10.7. The molecule has 0 aliphatic heterocycles. The third-order valence-electron chi connectivity index (χ3n) is 3.48. The number of hydrogen-bond donors (Lipinski definition) is 2. The number of halogens is 1. The highest BCUT2D eigenvalue weighted by Crippen LogP contribution is 2.12. The van der Waals surface area contributed by atoms with E-state index in [2.05, 4.69) is 20.5 Å². The number of pyridine rings is 1. The highest BCUT2D eigenvalue weighted by atomic mass is 35.5. The van der Waals surface area contributed by atoms with Crippen molar-refractivity contribution < 1.29 is 4.79 Å². The van der Waals surface area contributed by atoms with E-state index in [0.717, 1.165) is 18.5 Å². The van der Waals surface area contributed by atoms with Gasteiger partial charge in [0.05, 0.1) is 0 Å². The van der Waals surface area contributed by atoms with Crippen LogP contribution in [0.1, 0.15) is 22.3 Å². The van der Waals surface area contributed by atoms with Crippen LogP contribution in [0, 0.1) is 0 Å². The first kappa shape index (κ1) is 18.2. The van der Waals surface area contributed by atoms with Crippen LogP contribution in [-0.2, 0) is 6.54 Å². The summed E-state index contributed by atoms with van der Waals surface area (Å²) in [6.07, 6.45) is 2.56. The molecule has 128 valence electrons. The van der Waals surface area contributed by atoms with Crippen LogP contribution in [0.2, 0.25) is 5.02 Å². The van der Waals surface area contributed by atoms with Crippen LogP contribution in [0.5, 0.6) is 0 Å². The van der Waals surface area contributed by atoms with E-state index in [0.29, 0.717) is 29.5 Å². The Morgan fingerprint density at radius 1 is 1.21 bits per heavy atom. The average molecular weight is 347 g/mol. The third-order valence-corrected chi connectivity index (χ3v) is 3.73. The number of hydrogen-bond acceptors (Lipinski definition) is 4. The van der Waals surface area contributed by atoms with E-state index < -0.39 is 0 Å². The van der Waals surface area contributed by atoms with E-state index in [-0.39, 0.29) is 5.91 Å². The summed E-state index contributed by atoms with van der Waals surface area (Å²) in [6, 6.07) is 11.1. The molecule has 0 saturated heterocycles. The Hall–Kier alpha value is -2.11. The van der Waals surface area contributed by atoms with Crippen LogP contribution in [0.25, 0.3) is 0 Å². The smallest absolute Gasteiger partial charge is 0.251 e. The van der Waals surface area contributed by atoms with Crippen molar-refractivity contribution in [2.75, 3.05) is 32.5 Å². The van der Waals surface area contributed by atoms with Crippen molar-refractivity contribution in [1.29, 1.82) is 0 Å². The lowest BCUT2D eigenvalue weighted by Crippen LogP contribution is -2.27. The molecule has 2 rings (SSSR count). The largest absolute Gasteiger partial charge is 0.366 e. The van der Waals surface area contributed by atoms with Gasteiger partial charge in [-0.3, -0.25) is 4.79 Å². The van der Waals surface area contributed by atoms with Crippen molar-refractivity contribution in [3.05, 3.63) is 58.7 Å².